The van der Waals surface area contributed by atoms with Crippen LogP contribution in [0.25, 0.3) is 0 Å². The van der Waals surface area contributed by atoms with Crippen molar-refractivity contribution in [3.63, 3.8) is 0 Å². The van der Waals surface area contributed by atoms with E-state index in [1.54, 1.807) is 32.0 Å². The highest BCUT2D eigenvalue weighted by Crippen LogP contribution is 2.60. The minimum absolute atomic E-state index is 0.266. The number of hydrogen-bond acceptors (Lipinski definition) is 4. The quantitative estimate of drug-likeness (QED) is 0.420. The lowest BCUT2D eigenvalue weighted by Crippen LogP contribution is -2.15. The third-order valence-corrected chi connectivity index (χ3v) is 6.55. The Morgan fingerprint density at radius 2 is 1.56 bits per heavy atom. The molecule has 25 heavy (non-hydrogen) atoms. The number of benzene rings is 2. The van der Waals surface area contributed by atoms with Crippen LogP contribution in [-0.4, -0.2) is 13.2 Å². The first kappa shape index (κ1) is 20.8. The molecular weight excluding hydrogens is 448 g/mol. The van der Waals surface area contributed by atoms with Gasteiger partial charge in [-0.3, -0.25) is 4.57 Å². The van der Waals surface area contributed by atoms with Crippen molar-refractivity contribution in [2.24, 2.45) is 0 Å². The van der Waals surface area contributed by atoms with Crippen molar-refractivity contribution in [1.29, 1.82) is 0 Å². The van der Waals surface area contributed by atoms with Crippen molar-refractivity contribution in [3.8, 4) is 0 Å². The van der Waals surface area contributed by atoms with E-state index in [0.717, 1.165) is 10.0 Å². The molecule has 0 aliphatic carbocycles. The lowest BCUT2D eigenvalue weighted by atomic mass is 10.2. The highest BCUT2D eigenvalue weighted by molar-refractivity contribution is 9.10. The van der Waals surface area contributed by atoms with E-state index in [-0.39, 0.29) is 13.2 Å². The molecule has 0 bridgehead atoms. The third-order valence-electron chi connectivity index (χ3n) is 3.29. The molecule has 8 heteroatoms. The van der Waals surface area contributed by atoms with Gasteiger partial charge < -0.3 is 14.4 Å². The molecule has 0 amide bonds. The van der Waals surface area contributed by atoms with Gasteiger partial charge in [-0.1, -0.05) is 51.3 Å². The Bertz CT molecular complexity index is 728. The molecule has 0 fully saturated rings. The van der Waals surface area contributed by atoms with E-state index < -0.39 is 13.4 Å². The van der Waals surface area contributed by atoms with E-state index in [0.29, 0.717) is 15.7 Å². The minimum atomic E-state index is -3.47. The summed E-state index contributed by atoms with van der Waals surface area (Å²) in [6.07, 6.45) is 0. The Labute approximate surface area is 166 Å². The predicted molar refractivity (Wildman–Crippen MR) is 108 cm³/mol. The molecule has 2 aromatic rings. The van der Waals surface area contributed by atoms with Gasteiger partial charge in [0.05, 0.1) is 13.2 Å². The summed E-state index contributed by atoms with van der Waals surface area (Å²) in [6, 6.07) is 12.5. The molecule has 136 valence electrons. The molecule has 0 aliphatic rings. The zero-order valence-electron chi connectivity index (χ0n) is 13.8. The van der Waals surface area contributed by atoms with Crippen molar-refractivity contribution >= 4 is 52.4 Å². The maximum atomic E-state index is 13.4. The third kappa shape index (κ3) is 5.72. The highest BCUT2D eigenvalue weighted by atomic mass is 79.9. The standard InChI is InChI=1S/C17H19BrCl2NO3P/c1-3-23-25(22,24-4-2)17(12-5-7-13(18)8-6-12)21-16-10-14(19)9-15(20)11-16/h5-11,17,21H,3-4H2,1-2H3/t17-/m1/s1. The van der Waals surface area contributed by atoms with Gasteiger partial charge in [0.25, 0.3) is 0 Å². The van der Waals surface area contributed by atoms with Crippen LogP contribution in [0.2, 0.25) is 10.0 Å². The molecule has 0 spiro atoms. The van der Waals surface area contributed by atoms with Crippen molar-refractivity contribution < 1.29 is 13.6 Å². The van der Waals surface area contributed by atoms with Crippen LogP contribution in [0.3, 0.4) is 0 Å². The van der Waals surface area contributed by atoms with Gasteiger partial charge in [0.15, 0.2) is 5.78 Å². The summed E-state index contributed by atoms with van der Waals surface area (Å²) in [4.78, 5) is 0. The Morgan fingerprint density at radius 3 is 2.04 bits per heavy atom. The van der Waals surface area contributed by atoms with Gasteiger partial charge in [0, 0.05) is 20.2 Å². The smallest absolute Gasteiger partial charge is 0.357 e. The first-order valence-electron chi connectivity index (χ1n) is 7.75. The SMILES string of the molecule is CCOP(=O)(OCC)[C@@H](Nc1cc(Cl)cc(Cl)c1)c1ccc(Br)cc1. The average molecular weight is 467 g/mol. The van der Waals surface area contributed by atoms with Gasteiger partial charge in [-0.25, -0.2) is 0 Å². The van der Waals surface area contributed by atoms with Gasteiger partial charge in [-0.15, -0.1) is 0 Å². The Morgan fingerprint density at radius 1 is 1.04 bits per heavy atom. The summed E-state index contributed by atoms with van der Waals surface area (Å²) in [5.74, 6) is -0.699. The second-order valence-corrected chi connectivity index (χ2v) is 9.03. The van der Waals surface area contributed by atoms with Crippen LogP contribution in [0.4, 0.5) is 5.69 Å². The summed E-state index contributed by atoms with van der Waals surface area (Å²) >= 11 is 15.6. The molecule has 0 unspecified atom stereocenters. The number of halogens is 3. The van der Waals surface area contributed by atoms with Crippen molar-refractivity contribution in [3.05, 3.63) is 62.5 Å². The van der Waals surface area contributed by atoms with Crippen molar-refractivity contribution in [2.75, 3.05) is 18.5 Å². The van der Waals surface area contributed by atoms with Crippen LogP contribution >= 0.6 is 46.7 Å². The summed E-state index contributed by atoms with van der Waals surface area (Å²) in [7, 11) is -3.47. The molecule has 2 rings (SSSR count). The fourth-order valence-corrected chi connectivity index (χ4v) is 5.06. The topological polar surface area (TPSA) is 47.6 Å². The zero-order chi connectivity index (χ0) is 18.4. The second-order valence-electron chi connectivity index (χ2n) is 5.13. The molecular formula is C17H19BrCl2NO3P. The fraction of sp³-hybridized carbons (Fsp3) is 0.294. The van der Waals surface area contributed by atoms with Gasteiger partial charge in [0.1, 0.15) is 0 Å². The maximum Gasteiger partial charge on any atom is 0.357 e. The lowest BCUT2D eigenvalue weighted by Gasteiger charge is -2.28. The number of rotatable bonds is 8. The van der Waals surface area contributed by atoms with Crippen LogP contribution in [0.5, 0.6) is 0 Å². The van der Waals surface area contributed by atoms with Crippen LogP contribution in [0, 0.1) is 0 Å². The lowest BCUT2D eigenvalue weighted by molar-refractivity contribution is 0.214. The maximum absolute atomic E-state index is 13.4. The Hall–Kier alpha value is -0.550. The number of hydrogen-bond donors (Lipinski definition) is 1. The van der Waals surface area contributed by atoms with Crippen LogP contribution in [-0.2, 0) is 13.6 Å². The average Bonchev–Trinajstić information content (AvgIpc) is 2.53. The number of nitrogens with one attached hydrogen (secondary N) is 1. The summed E-state index contributed by atoms with van der Waals surface area (Å²) < 4.78 is 25.4. The van der Waals surface area contributed by atoms with Crippen molar-refractivity contribution in [2.45, 2.75) is 19.6 Å². The zero-order valence-corrected chi connectivity index (χ0v) is 17.8. The molecule has 0 aliphatic heterocycles. The molecule has 0 saturated carbocycles. The predicted octanol–water partition coefficient (Wildman–Crippen LogP) is 7.13. The largest absolute Gasteiger partial charge is 0.368 e. The van der Waals surface area contributed by atoms with Gasteiger partial charge >= 0.3 is 7.60 Å². The van der Waals surface area contributed by atoms with E-state index >= 15 is 0 Å². The molecule has 2 aromatic carbocycles. The van der Waals surface area contributed by atoms with E-state index in [4.69, 9.17) is 32.2 Å². The summed E-state index contributed by atoms with van der Waals surface area (Å²) in [6.45, 7) is 4.09. The normalized spacial score (nSPS) is 12.8. The van der Waals surface area contributed by atoms with Gasteiger partial charge in [-0.2, -0.15) is 0 Å². The molecule has 0 heterocycles. The molecule has 0 radical (unpaired) electrons. The summed E-state index contributed by atoms with van der Waals surface area (Å²) in [5.41, 5.74) is 1.40. The van der Waals surface area contributed by atoms with Gasteiger partial charge in [0.2, 0.25) is 0 Å². The van der Waals surface area contributed by atoms with E-state index in [2.05, 4.69) is 21.2 Å². The number of anilines is 1. The van der Waals surface area contributed by atoms with Crippen LogP contribution in [0.15, 0.2) is 46.9 Å². The van der Waals surface area contributed by atoms with E-state index in [1.165, 1.54) is 0 Å². The highest BCUT2D eigenvalue weighted by Gasteiger charge is 2.37. The molecule has 1 N–H and O–H groups in total. The van der Waals surface area contributed by atoms with Crippen molar-refractivity contribution in [1.82, 2.24) is 0 Å². The van der Waals surface area contributed by atoms with Gasteiger partial charge in [-0.05, 0) is 49.7 Å². The van der Waals surface area contributed by atoms with E-state index in [1.807, 2.05) is 24.3 Å². The van der Waals surface area contributed by atoms with Crippen LogP contribution < -0.4 is 5.32 Å². The molecule has 0 aromatic heterocycles. The van der Waals surface area contributed by atoms with Crippen LogP contribution in [0.1, 0.15) is 25.2 Å². The minimum Gasteiger partial charge on any atom is -0.368 e. The Balaban J connectivity index is 2.47. The molecule has 4 nitrogen and oxygen atoms in total. The summed E-state index contributed by atoms with van der Waals surface area (Å²) in [5, 5.41) is 4.17. The first-order chi connectivity index (χ1) is 11.9. The molecule has 0 saturated heterocycles. The monoisotopic (exact) mass is 465 g/mol. The second kappa shape index (κ2) is 9.40. The molecule has 1 atom stereocenters. The Kier molecular flexibility index (Phi) is 7.81. The first-order valence-corrected chi connectivity index (χ1v) is 10.9. The van der Waals surface area contributed by atoms with E-state index in [9.17, 15) is 4.57 Å². The fourth-order valence-electron chi connectivity index (χ4n) is 2.33.